The third kappa shape index (κ3) is 3.81. The van der Waals surface area contributed by atoms with E-state index in [9.17, 15) is 14.0 Å². The Morgan fingerprint density at radius 2 is 1.84 bits per heavy atom. The molecule has 6 heteroatoms. The Morgan fingerprint density at radius 3 is 2.53 bits per heavy atom. The summed E-state index contributed by atoms with van der Waals surface area (Å²) < 4.78 is 19.0. The Hall–Kier alpha value is -2.73. The fraction of sp³-hybridized carbons (Fsp3) is 0.462. The summed E-state index contributed by atoms with van der Waals surface area (Å²) >= 11 is 0. The summed E-state index contributed by atoms with van der Waals surface area (Å²) in [6, 6.07) is 12.0. The molecule has 32 heavy (non-hydrogen) atoms. The van der Waals surface area contributed by atoms with Crippen molar-refractivity contribution in [1.29, 1.82) is 0 Å². The number of aryl methyl sites for hydroxylation is 1. The van der Waals surface area contributed by atoms with Crippen LogP contribution in [-0.4, -0.2) is 31.1 Å². The first-order chi connectivity index (χ1) is 15.6. The second-order valence-corrected chi connectivity index (χ2v) is 9.19. The molecule has 1 saturated heterocycles. The van der Waals surface area contributed by atoms with Gasteiger partial charge in [-0.05, 0) is 86.4 Å². The van der Waals surface area contributed by atoms with Gasteiger partial charge in [-0.1, -0.05) is 18.6 Å². The van der Waals surface area contributed by atoms with Gasteiger partial charge in [0, 0.05) is 24.5 Å². The predicted octanol–water partition coefficient (Wildman–Crippen LogP) is 4.73. The number of halogens is 1. The lowest BCUT2D eigenvalue weighted by Crippen LogP contribution is -2.46. The van der Waals surface area contributed by atoms with Gasteiger partial charge in [0.15, 0.2) is 0 Å². The minimum atomic E-state index is -0.567. The molecule has 0 aromatic heterocycles. The third-order valence-corrected chi connectivity index (χ3v) is 7.22. The van der Waals surface area contributed by atoms with E-state index in [0.29, 0.717) is 18.8 Å². The van der Waals surface area contributed by atoms with Crippen molar-refractivity contribution in [1.82, 2.24) is 0 Å². The predicted molar refractivity (Wildman–Crippen MR) is 121 cm³/mol. The van der Waals surface area contributed by atoms with Gasteiger partial charge in [0.2, 0.25) is 5.91 Å². The molecule has 168 valence electrons. The summed E-state index contributed by atoms with van der Waals surface area (Å²) in [4.78, 5) is 28.3. The lowest BCUT2D eigenvalue weighted by Gasteiger charge is -2.42. The fourth-order valence-corrected chi connectivity index (χ4v) is 5.19. The van der Waals surface area contributed by atoms with Crippen LogP contribution in [0.3, 0.4) is 0 Å². The number of fused-ring (bicyclic) bond motifs is 1. The molecule has 1 N–H and O–H groups in total. The Kier molecular flexibility index (Phi) is 5.72. The van der Waals surface area contributed by atoms with E-state index in [-0.39, 0.29) is 23.7 Å². The molecule has 0 radical (unpaired) electrons. The molecular formula is C26H29FN2O3. The number of benzene rings is 2. The number of nitrogens with zero attached hydrogens (tertiary/aromatic N) is 1. The minimum absolute atomic E-state index is 0.0466. The SMILES string of the molecule is O=C([C@H]1CCCCO1)N1CCCc2cc(C3(C(=O)Nc4ccc(F)cc4)CCC3)ccc21. The van der Waals surface area contributed by atoms with Crippen molar-refractivity contribution >= 4 is 23.2 Å². The van der Waals surface area contributed by atoms with Gasteiger partial charge in [-0.15, -0.1) is 0 Å². The van der Waals surface area contributed by atoms with Crippen LogP contribution >= 0.6 is 0 Å². The van der Waals surface area contributed by atoms with E-state index >= 15 is 0 Å². The van der Waals surface area contributed by atoms with Gasteiger partial charge >= 0.3 is 0 Å². The van der Waals surface area contributed by atoms with Crippen LogP contribution in [-0.2, 0) is 26.2 Å². The molecule has 5 rings (SSSR count). The van der Waals surface area contributed by atoms with Crippen LogP contribution < -0.4 is 10.2 Å². The first-order valence-electron chi connectivity index (χ1n) is 11.7. The van der Waals surface area contributed by atoms with Gasteiger partial charge in [-0.25, -0.2) is 4.39 Å². The number of rotatable bonds is 4. The molecule has 5 nitrogen and oxygen atoms in total. The van der Waals surface area contributed by atoms with Crippen LogP contribution in [0.4, 0.5) is 15.8 Å². The second kappa shape index (κ2) is 8.66. The Bertz CT molecular complexity index is 1010. The molecule has 0 unspecified atom stereocenters. The van der Waals surface area contributed by atoms with Crippen LogP contribution in [0.2, 0.25) is 0 Å². The van der Waals surface area contributed by atoms with Gasteiger partial charge < -0.3 is 15.0 Å². The zero-order valence-corrected chi connectivity index (χ0v) is 18.2. The Morgan fingerprint density at radius 1 is 1.03 bits per heavy atom. The Labute approximate surface area is 187 Å². The van der Waals surface area contributed by atoms with Crippen molar-refractivity contribution in [3.05, 3.63) is 59.4 Å². The fourth-order valence-electron chi connectivity index (χ4n) is 5.19. The van der Waals surface area contributed by atoms with Crippen LogP contribution in [0, 0.1) is 5.82 Å². The van der Waals surface area contributed by atoms with Crippen LogP contribution in [0.1, 0.15) is 56.1 Å². The first kappa shape index (κ1) is 21.1. The van der Waals surface area contributed by atoms with E-state index in [1.165, 1.54) is 12.1 Å². The molecule has 2 aliphatic heterocycles. The van der Waals surface area contributed by atoms with Crippen molar-refractivity contribution in [2.24, 2.45) is 0 Å². The normalized spacial score (nSPS) is 21.9. The lowest BCUT2D eigenvalue weighted by atomic mass is 9.63. The summed E-state index contributed by atoms with van der Waals surface area (Å²) in [6.45, 7) is 1.36. The molecule has 2 amide bonds. The largest absolute Gasteiger partial charge is 0.368 e. The summed E-state index contributed by atoms with van der Waals surface area (Å²) in [7, 11) is 0. The maximum atomic E-state index is 13.3. The number of hydrogen-bond acceptors (Lipinski definition) is 3. The van der Waals surface area contributed by atoms with E-state index in [0.717, 1.165) is 68.2 Å². The average Bonchev–Trinajstić information content (AvgIpc) is 2.79. The van der Waals surface area contributed by atoms with Gasteiger partial charge in [0.1, 0.15) is 11.9 Å². The van der Waals surface area contributed by atoms with E-state index in [4.69, 9.17) is 4.74 Å². The molecular weight excluding hydrogens is 407 g/mol. The maximum absolute atomic E-state index is 13.3. The highest BCUT2D eigenvalue weighted by molar-refractivity contribution is 6.01. The van der Waals surface area contributed by atoms with Gasteiger partial charge in [0.05, 0.1) is 5.41 Å². The van der Waals surface area contributed by atoms with Crippen molar-refractivity contribution in [2.75, 3.05) is 23.4 Å². The highest BCUT2D eigenvalue weighted by atomic mass is 19.1. The summed E-state index contributed by atoms with van der Waals surface area (Å²) in [5.74, 6) is -0.311. The lowest BCUT2D eigenvalue weighted by molar-refractivity contribution is -0.132. The highest BCUT2D eigenvalue weighted by Gasteiger charge is 2.46. The molecule has 2 fully saturated rings. The zero-order chi connectivity index (χ0) is 22.1. The van der Waals surface area contributed by atoms with Crippen molar-refractivity contribution in [3.63, 3.8) is 0 Å². The van der Waals surface area contributed by atoms with E-state index in [1.54, 1.807) is 12.1 Å². The van der Waals surface area contributed by atoms with E-state index < -0.39 is 5.41 Å². The standard InChI is InChI=1S/C26H29FN2O3/c27-20-8-10-21(11-9-20)28-25(31)26(13-4-14-26)19-7-12-22-18(17-19)5-3-15-29(22)24(30)23-6-1-2-16-32-23/h7-12,17,23H,1-6,13-16H2,(H,28,31)/t23-/m1/s1. The van der Waals surface area contributed by atoms with Crippen molar-refractivity contribution in [2.45, 2.75) is 62.9 Å². The summed E-state index contributed by atoms with van der Waals surface area (Å²) in [6.07, 6.45) is 6.88. The van der Waals surface area contributed by atoms with Gasteiger partial charge in [-0.2, -0.15) is 0 Å². The van der Waals surface area contributed by atoms with E-state index in [1.807, 2.05) is 17.0 Å². The quantitative estimate of drug-likeness (QED) is 0.754. The third-order valence-electron chi connectivity index (χ3n) is 7.22. The van der Waals surface area contributed by atoms with E-state index in [2.05, 4.69) is 11.4 Å². The zero-order valence-electron chi connectivity index (χ0n) is 18.2. The smallest absolute Gasteiger partial charge is 0.256 e. The van der Waals surface area contributed by atoms with Crippen molar-refractivity contribution < 1.29 is 18.7 Å². The topological polar surface area (TPSA) is 58.6 Å². The van der Waals surface area contributed by atoms with Gasteiger partial charge in [0.25, 0.3) is 5.91 Å². The molecule has 2 heterocycles. The van der Waals surface area contributed by atoms with Crippen LogP contribution in [0.15, 0.2) is 42.5 Å². The number of anilines is 2. The Balaban J connectivity index is 1.39. The molecule has 1 aliphatic carbocycles. The van der Waals surface area contributed by atoms with Gasteiger partial charge in [-0.3, -0.25) is 9.59 Å². The molecule has 3 aliphatic rings. The minimum Gasteiger partial charge on any atom is -0.368 e. The maximum Gasteiger partial charge on any atom is 0.256 e. The molecule has 1 saturated carbocycles. The molecule has 2 aromatic rings. The molecule has 0 bridgehead atoms. The second-order valence-electron chi connectivity index (χ2n) is 9.19. The molecule has 0 spiro atoms. The number of ether oxygens (including phenoxy) is 1. The van der Waals surface area contributed by atoms with Crippen LogP contribution in [0.5, 0.6) is 0 Å². The monoisotopic (exact) mass is 436 g/mol. The number of hydrogen-bond donors (Lipinski definition) is 1. The highest BCUT2D eigenvalue weighted by Crippen LogP contribution is 2.46. The first-order valence-corrected chi connectivity index (χ1v) is 11.7. The molecule has 1 atom stereocenters. The summed E-state index contributed by atoms with van der Waals surface area (Å²) in [5.41, 5.74) is 3.11. The number of carbonyl (C=O) groups excluding carboxylic acids is 2. The van der Waals surface area contributed by atoms with Crippen molar-refractivity contribution in [3.8, 4) is 0 Å². The summed E-state index contributed by atoms with van der Waals surface area (Å²) in [5, 5.41) is 2.97. The van der Waals surface area contributed by atoms with Crippen LogP contribution in [0.25, 0.3) is 0 Å². The number of nitrogens with one attached hydrogen (secondary N) is 1. The number of carbonyl (C=O) groups is 2. The number of amides is 2. The average molecular weight is 437 g/mol. The molecule has 2 aromatic carbocycles.